The fourth-order valence-electron chi connectivity index (χ4n) is 3.38. The number of benzene rings is 1. The van der Waals surface area contributed by atoms with Gasteiger partial charge in [-0.15, -0.1) is 11.3 Å². The Kier molecular flexibility index (Phi) is 7.42. The molecule has 1 aliphatic heterocycles. The van der Waals surface area contributed by atoms with Crippen molar-refractivity contribution in [3.63, 3.8) is 0 Å². The van der Waals surface area contributed by atoms with Crippen LogP contribution in [0.15, 0.2) is 48.8 Å². The van der Waals surface area contributed by atoms with Gasteiger partial charge >= 0.3 is 0 Å². The van der Waals surface area contributed by atoms with Crippen molar-refractivity contribution in [2.75, 3.05) is 12.4 Å². The van der Waals surface area contributed by atoms with E-state index in [1.54, 1.807) is 18.5 Å². The van der Waals surface area contributed by atoms with E-state index in [0.717, 1.165) is 15.2 Å². The van der Waals surface area contributed by atoms with Gasteiger partial charge in [-0.3, -0.25) is 14.6 Å². The highest BCUT2D eigenvalue weighted by Gasteiger charge is 2.42. The fourth-order valence-corrected chi connectivity index (χ4v) is 5.63. The molecule has 1 aromatic carbocycles. The zero-order valence-electron chi connectivity index (χ0n) is 18.2. The Morgan fingerprint density at radius 1 is 1.26 bits per heavy atom. The van der Waals surface area contributed by atoms with Gasteiger partial charge in [0.1, 0.15) is 22.9 Å². The number of anilines is 1. The summed E-state index contributed by atoms with van der Waals surface area (Å²) in [6.07, 6.45) is 3.14. The molecule has 3 aromatic rings. The molecule has 0 spiro atoms. The Labute approximate surface area is 209 Å². The van der Waals surface area contributed by atoms with Crippen LogP contribution in [0, 0.1) is 5.82 Å². The van der Waals surface area contributed by atoms with Crippen LogP contribution in [0.5, 0.6) is 0 Å². The van der Waals surface area contributed by atoms with E-state index < -0.39 is 39.9 Å². The lowest BCUT2D eigenvalue weighted by atomic mass is 10.1. The van der Waals surface area contributed by atoms with Gasteiger partial charge < -0.3 is 10.6 Å². The van der Waals surface area contributed by atoms with Gasteiger partial charge in [0.25, 0.3) is 10.2 Å². The van der Waals surface area contributed by atoms with Gasteiger partial charge in [-0.2, -0.15) is 17.4 Å². The number of halogens is 2. The highest BCUT2D eigenvalue weighted by atomic mass is 35.5. The molecule has 0 aliphatic carbocycles. The van der Waals surface area contributed by atoms with Gasteiger partial charge in [-0.05, 0) is 36.8 Å². The number of carbonyl (C=O) groups excluding carboxylic acids is 2. The highest BCUT2D eigenvalue weighted by Crippen LogP contribution is 2.24. The number of nitrogens with one attached hydrogen (secondary N) is 3. The SMILES string of the molecule is CN1C(C(=O)Nc2ccc(F)c(Cl)c2)CC(C(=O)NCc2cnc(-c3ccccn3)s2)NS1(=O)=O. The zero-order chi connectivity index (χ0) is 25.2. The maximum atomic E-state index is 13.4. The van der Waals surface area contributed by atoms with Crippen molar-refractivity contribution in [2.45, 2.75) is 25.0 Å². The summed E-state index contributed by atoms with van der Waals surface area (Å²) in [6.45, 7) is 0.127. The van der Waals surface area contributed by atoms with Crippen molar-refractivity contribution < 1.29 is 22.4 Å². The molecule has 1 fully saturated rings. The third kappa shape index (κ3) is 5.82. The molecule has 2 atom stereocenters. The van der Waals surface area contributed by atoms with E-state index in [1.165, 1.54) is 30.5 Å². The van der Waals surface area contributed by atoms with Gasteiger partial charge in [0.2, 0.25) is 11.8 Å². The number of thiazole rings is 1. The zero-order valence-corrected chi connectivity index (χ0v) is 20.6. The van der Waals surface area contributed by atoms with Crippen LogP contribution in [-0.2, 0) is 26.3 Å². The second-order valence-corrected chi connectivity index (χ2v) is 10.9. The summed E-state index contributed by atoms with van der Waals surface area (Å²) in [7, 11) is -2.88. The molecule has 2 unspecified atom stereocenters. The molecule has 3 N–H and O–H groups in total. The van der Waals surface area contributed by atoms with Crippen LogP contribution in [-0.4, -0.2) is 53.6 Å². The van der Waals surface area contributed by atoms with E-state index in [9.17, 15) is 22.4 Å². The molecule has 1 saturated heterocycles. The summed E-state index contributed by atoms with van der Waals surface area (Å²) >= 11 is 7.09. The minimum atomic E-state index is -4.11. The van der Waals surface area contributed by atoms with Gasteiger partial charge in [-0.1, -0.05) is 17.7 Å². The number of carbonyl (C=O) groups is 2. The Morgan fingerprint density at radius 3 is 2.77 bits per heavy atom. The lowest BCUT2D eigenvalue weighted by Crippen LogP contribution is -2.62. The molecule has 35 heavy (non-hydrogen) atoms. The van der Waals surface area contributed by atoms with Crippen LogP contribution in [0.25, 0.3) is 10.7 Å². The van der Waals surface area contributed by atoms with E-state index in [-0.39, 0.29) is 23.7 Å². The quantitative estimate of drug-likeness (QED) is 0.440. The molecule has 10 nitrogen and oxygen atoms in total. The monoisotopic (exact) mass is 538 g/mol. The Hall–Kier alpha value is -2.97. The highest BCUT2D eigenvalue weighted by molar-refractivity contribution is 7.87. The number of aromatic nitrogens is 2. The number of hydrogen-bond donors (Lipinski definition) is 3. The van der Waals surface area contributed by atoms with Crippen LogP contribution in [0.3, 0.4) is 0 Å². The first kappa shape index (κ1) is 25.1. The molecule has 4 rings (SSSR count). The van der Waals surface area contributed by atoms with Crippen molar-refractivity contribution in [2.24, 2.45) is 0 Å². The molecule has 0 bridgehead atoms. The Bertz CT molecular complexity index is 1350. The van der Waals surface area contributed by atoms with E-state index in [4.69, 9.17) is 11.6 Å². The summed E-state index contributed by atoms with van der Waals surface area (Å²) in [4.78, 5) is 34.9. The summed E-state index contributed by atoms with van der Waals surface area (Å²) in [6, 6.07) is 6.69. The molecule has 2 amide bonds. The third-order valence-electron chi connectivity index (χ3n) is 5.25. The summed E-state index contributed by atoms with van der Waals surface area (Å²) in [5.74, 6) is -1.92. The van der Waals surface area contributed by atoms with E-state index in [0.29, 0.717) is 10.7 Å². The molecule has 2 aromatic heterocycles. The third-order valence-corrected chi connectivity index (χ3v) is 8.15. The molecular formula is C21H20ClFN6O4S2. The maximum Gasteiger partial charge on any atom is 0.280 e. The second-order valence-electron chi connectivity index (χ2n) is 7.63. The fraction of sp³-hybridized carbons (Fsp3) is 0.238. The first-order valence-electron chi connectivity index (χ1n) is 10.3. The van der Waals surface area contributed by atoms with Crippen LogP contribution in [0.4, 0.5) is 10.1 Å². The number of amides is 2. The summed E-state index contributed by atoms with van der Waals surface area (Å²) < 4.78 is 41.7. The molecule has 0 saturated carbocycles. The Balaban J connectivity index is 1.41. The minimum absolute atomic E-state index is 0.121. The predicted octanol–water partition coefficient (Wildman–Crippen LogP) is 2.16. The molecular weight excluding hydrogens is 519 g/mol. The van der Waals surface area contributed by atoms with Crippen LogP contribution >= 0.6 is 22.9 Å². The largest absolute Gasteiger partial charge is 0.350 e. The molecule has 3 heterocycles. The second kappa shape index (κ2) is 10.3. The van der Waals surface area contributed by atoms with Crippen molar-refractivity contribution >= 4 is 50.6 Å². The van der Waals surface area contributed by atoms with Gasteiger partial charge in [0.15, 0.2) is 0 Å². The van der Waals surface area contributed by atoms with Crippen LogP contribution in [0.2, 0.25) is 5.02 Å². The number of nitrogens with zero attached hydrogens (tertiary/aromatic N) is 3. The molecule has 0 radical (unpaired) electrons. The van der Waals surface area contributed by atoms with Gasteiger partial charge in [0, 0.05) is 30.0 Å². The summed E-state index contributed by atoms with van der Waals surface area (Å²) in [5.41, 5.74) is 0.898. The first-order valence-corrected chi connectivity index (χ1v) is 12.9. The van der Waals surface area contributed by atoms with Crippen molar-refractivity contribution in [3.05, 3.63) is 64.5 Å². The lowest BCUT2D eigenvalue weighted by molar-refractivity contribution is -0.124. The maximum absolute atomic E-state index is 13.4. The number of pyridine rings is 1. The Morgan fingerprint density at radius 2 is 2.06 bits per heavy atom. The van der Waals surface area contributed by atoms with Gasteiger partial charge in [-0.25, -0.2) is 9.37 Å². The smallest absolute Gasteiger partial charge is 0.280 e. The molecule has 14 heteroatoms. The minimum Gasteiger partial charge on any atom is -0.350 e. The van der Waals surface area contributed by atoms with Crippen molar-refractivity contribution in [1.29, 1.82) is 0 Å². The normalized spacial score (nSPS) is 19.7. The van der Waals surface area contributed by atoms with E-state index in [2.05, 4.69) is 25.3 Å². The van der Waals surface area contributed by atoms with E-state index in [1.807, 2.05) is 12.1 Å². The van der Waals surface area contributed by atoms with Crippen molar-refractivity contribution in [1.82, 2.24) is 24.3 Å². The lowest BCUT2D eigenvalue weighted by Gasteiger charge is -2.35. The van der Waals surface area contributed by atoms with Crippen LogP contribution < -0.4 is 15.4 Å². The summed E-state index contributed by atoms with van der Waals surface area (Å²) in [5, 5.41) is 5.69. The molecule has 1 aliphatic rings. The standard InChI is InChI=1S/C21H20ClFN6O4S2/c1-29-18(20(31)27-12-5-6-15(23)14(22)8-12)9-17(28-35(29,32)33)19(30)25-10-13-11-26-21(34-13)16-4-2-3-7-24-16/h2-8,11,17-18,28H,9-10H2,1H3,(H,25,30)(H,27,31). The predicted molar refractivity (Wildman–Crippen MR) is 129 cm³/mol. The van der Waals surface area contributed by atoms with Crippen LogP contribution in [0.1, 0.15) is 11.3 Å². The first-order chi connectivity index (χ1) is 16.6. The number of rotatable bonds is 6. The molecule has 184 valence electrons. The van der Waals surface area contributed by atoms with E-state index >= 15 is 0 Å². The number of likely N-dealkylation sites (N-methyl/N-ethyl adjacent to an activating group) is 1. The average Bonchev–Trinajstić information content (AvgIpc) is 3.31. The number of hydrogen-bond acceptors (Lipinski definition) is 7. The topological polar surface area (TPSA) is 133 Å². The van der Waals surface area contributed by atoms with Crippen molar-refractivity contribution in [3.8, 4) is 10.7 Å². The van der Waals surface area contributed by atoms with Gasteiger partial charge in [0.05, 0.1) is 17.3 Å². The average molecular weight is 539 g/mol.